The number of nitro groups is 1. The van der Waals surface area contributed by atoms with E-state index in [2.05, 4.69) is 5.32 Å². The van der Waals surface area contributed by atoms with Crippen molar-refractivity contribution in [3.63, 3.8) is 0 Å². The number of aryl methyl sites for hydroxylation is 1. The topological polar surface area (TPSA) is 148 Å². The van der Waals surface area contributed by atoms with E-state index in [0.29, 0.717) is 37.6 Å². The van der Waals surface area contributed by atoms with E-state index >= 15 is 0 Å². The van der Waals surface area contributed by atoms with Crippen LogP contribution in [0.4, 0.5) is 17.1 Å². The first-order valence-electron chi connectivity index (χ1n) is 12.3. The maximum Gasteiger partial charge on any atom is 0.273 e. The lowest BCUT2D eigenvalue weighted by atomic mass is 10.1. The molecule has 13 heteroatoms. The molecule has 0 atom stereocenters. The highest BCUT2D eigenvalue weighted by atomic mass is 32.2. The van der Waals surface area contributed by atoms with Crippen LogP contribution in [0.3, 0.4) is 0 Å². The summed E-state index contributed by atoms with van der Waals surface area (Å²) in [5.74, 6) is -0.541. The largest absolute Gasteiger partial charge is 0.497 e. The average molecular weight is 569 g/mol. The van der Waals surface area contributed by atoms with Crippen LogP contribution in [0.1, 0.15) is 15.9 Å². The van der Waals surface area contributed by atoms with Crippen molar-refractivity contribution in [2.45, 2.75) is 11.8 Å². The number of nitrogens with one attached hydrogen (secondary N) is 1. The minimum absolute atomic E-state index is 0.136. The molecule has 12 nitrogen and oxygen atoms in total. The number of methoxy groups -OCH3 is 1. The molecule has 1 aliphatic rings. The van der Waals surface area contributed by atoms with Gasteiger partial charge in [-0.05, 0) is 49.4 Å². The third kappa shape index (κ3) is 6.21. The number of benzene rings is 3. The molecule has 1 aliphatic heterocycles. The summed E-state index contributed by atoms with van der Waals surface area (Å²) in [6.45, 7) is 2.47. The highest BCUT2D eigenvalue weighted by Crippen LogP contribution is 2.29. The van der Waals surface area contributed by atoms with Gasteiger partial charge in [-0.2, -0.15) is 0 Å². The number of nitrogens with zero attached hydrogens (tertiary/aromatic N) is 3. The molecule has 0 radical (unpaired) electrons. The quantitative estimate of drug-likeness (QED) is 0.306. The van der Waals surface area contributed by atoms with E-state index in [9.17, 15) is 28.1 Å². The Labute approximate surface area is 231 Å². The van der Waals surface area contributed by atoms with E-state index in [1.165, 1.54) is 50.4 Å². The standard InChI is InChI=1S/C27H28N4O8S/c1-19-7-12-22(17-25(19)31(34)35)40(36,37)30(20-8-10-21(38-2)11-9-20)18-26(32)28-24-6-4-3-5-23(24)27(33)29-13-15-39-16-14-29/h3-12,17H,13-16,18H2,1-2H3,(H,28,32). The van der Waals surface area contributed by atoms with Gasteiger partial charge in [0.1, 0.15) is 12.3 Å². The molecule has 2 amide bonds. The summed E-state index contributed by atoms with van der Waals surface area (Å²) in [6, 6.07) is 16.0. The van der Waals surface area contributed by atoms with Crippen LogP contribution in [0.15, 0.2) is 71.6 Å². The molecule has 1 fully saturated rings. The fraction of sp³-hybridized carbons (Fsp3) is 0.259. The van der Waals surface area contributed by atoms with Gasteiger partial charge >= 0.3 is 0 Å². The lowest BCUT2D eigenvalue weighted by Gasteiger charge is -2.28. The second-order valence-electron chi connectivity index (χ2n) is 8.91. The van der Waals surface area contributed by atoms with E-state index in [0.717, 1.165) is 10.4 Å². The minimum atomic E-state index is -4.44. The molecule has 210 valence electrons. The fourth-order valence-electron chi connectivity index (χ4n) is 4.17. The Kier molecular flexibility index (Phi) is 8.65. The van der Waals surface area contributed by atoms with Crippen molar-refractivity contribution < 1.29 is 32.4 Å². The molecule has 4 rings (SSSR count). The van der Waals surface area contributed by atoms with E-state index in [-0.39, 0.29) is 33.4 Å². The third-order valence-electron chi connectivity index (χ3n) is 6.34. The summed E-state index contributed by atoms with van der Waals surface area (Å²) >= 11 is 0. The summed E-state index contributed by atoms with van der Waals surface area (Å²) in [4.78, 5) is 38.5. The Balaban J connectivity index is 1.66. The van der Waals surface area contributed by atoms with Gasteiger partial charge in [-0.25, -0.2) is 8.42 Å². The summed E-state index contributed by atoms with van der Waals surface area (Å²) in [5.41, 5.74) is 0.541. The summed E-state index contributed by atoms with van der Waals surface area (Å²) in [5, 5.41) is 14.1. The molecule has 1 saturated heterocycles. The summed E-state index contributed by atoms with van der Waals surface area (Å²) in [7, 11) is -2.98. The Morgan fingerprint density at radius 2 is 1.75 bits per heavy atom. The van der Waals surface area contributed by atoms with Gasteiger partial charge in [-0.3, -0.25) is 24.0 Å². The molecule has 1 N–H and O–H groups in total. The highest BCUT2D eigenvalue weighted by Gasteiger charge is 2.30. The second kappa shape index (κ2) is 12.1. The minimum Gasteiger partial charge on any atom is -0.497 e. The monoisotopic (exact) mass is 568 g/mol. The van der Waals surface area contributed by atoms with Crippen LogP contribution in [-0.4, -0.2) is 70.0 Å². The molecule has 0 bridgehead atoms. The van der Waals surface area contributed by atoms with Gasteiger partial charge < -0.3 is 19.7 Å². The predicted molar refractivity (Wildman–Crippen MR) is 147 cm³/mol. The number of morpholine rings is 1. The summed E-state index contributed by atoms with van der Waals surface area (Å²) in [6.07, 6.45) is 0. The first kappa shape index (κ1) is 28.5. The number of anilines is 2. The maximum absolute atomic E-state index is 13.8. The van der Waals surface area contributed by atoms with E-state index in [4.69, 9.17) is 9.47 Å². The Bertz CT molecular complexity index is 1520. The number of sulfonamides is 1. The van der Waals surface area contributed by atoms with Gasteiger partial charge in [0.25, 0.3) is 21.6 Å². The van der Waals surface area contributed by atoms with Gasteiger partial charge in [-0.1, -0.05) is 18.2 Å². The van der Waals surface area contributed by atoms with Crippen LogP contribution in [-0.2, 0) is 19.6 Å². The van der Waals surface area contributed by atoms with Crippen LogP contribution < -0.4 is 14.4 Å². The van der Waals surface area contributed by atoms with Crippen LogP contribution in [0.5, 0.6) is 5.75 Å². The number of nitro benzene ring substituents is 1. The number of carbonyl (C=O) groups is 2. The van der Waals surface area contributed by atoms with E-state index < -0.39 is 27.4 Å². The van der Waals surface area contributed by atoms with Crippen LogP contribution in [0.2, 0.25) is 0 Å². The van der Waals surface area contributed by atoms with Crippen LogP contribution in [0.25, 0.3) is 0 Å². The van der Waals surface area contributed by atoms with Crippen molar-refractivity contribution in [3.05, 3.63) is 88.0 Å². The molecule has 3 aromatic rings. The number of hydrogen-bond donors (Lipinski definition) is 1. The Morgan fingerprint density at radius 3 is 2.40 bits per heavy atom. The highest BCUT2D eigenvalue weighted by molar-refractivity contribution is 7.92. The molecular formula is C27H28N4O8S. The lowest BCUT2D eigenvalue weighted by molar-refractivity contribution is -0.385. The zero-order valence-corrected chi connectivity index (χ0v) is 22.7. The van der Waals surface area contributed by atoms with Crippen molar-refractivity contribution in [1.29, 1.82) is 0 Å². The third-order valence-corrected chi connectivity index (χ3v) is 8.11. The molecule has 0 aromatic heterocycles. The number of rotatable bonds is 9. The summed E-state index contributed by atoms with van der Waals surface area (Å²) < 4.78 is 38.8. The smallest absolute Gasteiger partial charge is 0.273 e. The zero-order valence-electron chi connectivity index (χ0n) is 21.9. The lowest BCUT2D eigenvalue weighted by Crippen LogP contribution is -2.41. The number of ether oxygens (including phenoxy) is 2. The first-order chi connectivity index (χ1) is 19.1. The van der Waals surface area contributed by atoms with Crippen molar-refractivity contribution in [3.8, 4) is 5.75 Å². The van der Waals surface area contributed by atoms with E-state index in [1.807, 2.05) is 0 Å². The molecule has 3 aromatic carbocycles. The fourth-order valence-corrected chi connectivity index (χ4v) is 5.61. The molecule has 40 heavy (non-hydrogen) atoms. The van der Waals surface area contributed by atoms with Gasteiger partial charge in [0, 0.05) is 24.7 Å². The van der Waals surface area contributed by atoms with Crippen LogP contribution >= 0.6 is 0 Å². The maximum atomic E-state index is 13.8. The molecule has 0 aliphatic carbocycles. The molecule has 0 spiro atoms. The number of para-hydroxylation sites is 1. The average Bonchev–Trinajstić information content (AvgIpc) is 2.96. The second-order valence-corrected chi connectivity index (χ2v) is 10.8. The predicted octanol–water partition coefficient (Wildman–Crippen LogP) is 3.22. The van der Waals surface area contributed by atoms with Crippen molar-refractivity contribution >= 4 is 38.9 Å². The molecule has 1 heterocycles. The SMILES string of the molecule is COc1ccc(N(CC(=O)Nc2ccccc2C(=O)N2CCOCC2)S(=O)(=O)c2ccc(C)c([N+](=O)[O-])c2)cc1. The molecule has 0 unspecified atom stereocenters. The van der Waals surface area contributed by atoms with Gasteiger partial charge in [0.15, 0.2) is 0 Å². The van der Waals surface area contributed by atoms with Crippen LogP contribution in [0, 0.1) is 17.0 Å². The van der Waals surface area contributed by atoms with Gasteiger partial charge in [0.2, 0.25) is 5.91 Å². The Hall–Kier alpha value is -4.49. The number of carbonyl (C=O) groups excluding carboxylic acids is 2. The van der Waals surface area contributed by atoms with Crippen molar-refractivity contribution in [1.82, 2.24) is 4.90 Å². The Morgan fingerprint density at radius 1 is 1.07 bits per heavy atom. The van der Waals surface area contributed by atoms with Gasteiger partial charge in [-0.15, -0.1) is 0 Å². The van der Waals surface area contributed by atoms with Crippen molar-refractivity contribution in [2.75, 3.05) is 49.6 Å². The molecule has 0 saturated carbocycles. The zero-order chi connectivity index (χ0) is 28.9. The molecular weight excluding hydrogens is 540 g/mol. The van der Waals surface area contributed by atoms with E-state index in [1.54, 1.807) is 29.2 Å². The number of amides is 2. The van der Waals surface area contributed by atoms with Crippen molar-refractivity contribution in [2.24, 2.45) is 0 Å². The van der Waals surface area contributed by atoms with Gasteiger partial charge in [0.05, 0.1) is 47.1 Å². The number of hydrogen-bond acceptors (Lipinski definition) is 8. The normalized spacial score (nSPS) is 13.4. The first-order valence-corrected chi connectivity index (χ1v) is 13.7.